The van der Waals surface area contributed by atoms with Crippen LogP contribution in [0.2, 0.25) is 10.0 Å². The number of benzene rings is 3. The first-order valence-corrected chi connectivity index (χ1v) is 12.7. The number of halogens is 2. The standard InChI is InChI=1S/C25H22Cl2N2O4S/c1-16-5-2-3-8-23(16)34(32,33)29-22(17-9-11-19(26)12-10-17)14-13-21(25(30)28-31)24(29)18-6-4-7-20(27)15-18/h2-13,15,22,24,31H,14H2,1H3,(H,28,30)/t22-,24-/m0/s1. The summed E-state index contributed by atoms with van der Waals surface area (Å²) in [6.45, 7) is 1.72. The molecule has 6 nitrogen and oxygen atoms in total. The topological polar surface area (TPSA) is 86.7 Å². The second-order valence-corrected chi connectivity index (χ2v) is 10.6. The fraction of sp³-hybridized carbons (Fsp3) is 0.160. The highest BCUT2D eigenvalue weighted by molar-refractivity contribution is 7.89. The van der Waals surface area contributed by atoms with Gasteiger partial charge >= 0.3 is 0 Å². The third-order valence-electron chi connectivity index (χ3n) is 5.85. The van der Waals surface area contributed by atoms with Crippen molar-refractivity contribution in [3.05, 3.63) is 111 Å². The number of hydrogen-bond acceptors (Lipinski definition) is 4. The minimum absolute atomic E-state index is 0.104. The van der Waals surface area contributed by atoms with Gasteiger partial charge in [-0.25, -0.2) is 13.9 Å². The van der Waals surface area contributed by atoms with Crippen molar-refractivity contribution in [2.24, 2.45) is 0 Å². The van der Waals surface area contributed by atoms with Crippen molar-refractivity contribution in [2.45, 2.75) is 30.3 Å². The highest BCUT2D eigenvalue weighted by Crippen LogP contribution is 2.46. The summed E-state index contributed by atoms with van der Waals surface area (Å²) in [5, 5.41) is 10.3. The number of hydroxylamine groups is 1. The number of aryl methyl sites for hydroxylation is 1. The van der Waals surface area contributed by atoms with Crippen molar-refractivity contribution in [3.8, 4) is 0 Å². The van der Waals surface area contributed by atoms with E-state index in [2.05, 4.69) is 0 Å². The van der Waals surface area contributed by atoms with Gasteiger partial charge in [-0.1, -0.05) is 71.7 Å². The molecule has 0 fully saturated rings. The number of nitrogens with one attached hydrogen (secondary N) is 1. The molecule has 34 heavy (non-hydrogen) atoms. The lowest BCUT2D eigenvalue weighted by Gasteiger charge is -2.41. The lowest BCUT2D eigenvalue weighted by atomic mass is 9.89. The summed E-state index contributed by atoms with van der Waals surface area (Å²) in [6.07, 6.45) is 1.87. The second-order valence-electron chi connectivity index (χ2n) is 7.96. The SMILES string of the molecule is Cc1ccccc1S(=O)(=O)N1[C@@H](c2cccc(Cl)c2)C(C(=O)NO)=CC[C@H]1c1ccc(Cl)cc1. The average Bonchev–Trinajstić information content (AvgIpc) is 2.83. The molecule has 0 bridgehead atoms. The van der Waals surface area contributed by atoms with E-state index in [0.717, 1.165) is 0 Å². The van der Waals surface area contributed by atoms with E-state index in [-0.39, 0.29) is 16.9 Å². The van der Waals surface area contributed by atoms with Crippen LogP contribution in [0.5, 0.6) is 0 Å². The Balaban J connectivity index is 2.00. The zero-order valence-electron chi connectivity index (χ0n) is 18.2. The Morgan fingerprint density at radius 3 is 2.32 bits per heavy atom. The number of amides is 1. The molecule has 0 spiro atoms. The van der Waals surface area contributed by atoms with Gasteiger partial charge < -0.3 is 0 Å². The summed E-state index contributed by atoms with van der Waals surface area (Å²) in [4.78, 5) is 12.8. The average molecular weight is 517 g/mol. The number of hydrogen-bond donors (Lipinski definition) is 2. The number of carbonyl (C=O) groups excluding carboxylic acids is 1. The monoisotopic (exact) mass is 516 g/mol. The number of nitrogens with zero attached hydrogens (tertiary/aromatic N) is 1. The Morgan fingerprint density at radius 2 is 1.68 bits per heavy atom. The summed E-state index contributed by atoms with van der Waals surface area (Å²) >= 11 is 12.3. The van der Waals surface area contributed by atoms with Gasteiger partial charge in [0.05, 0.1) is 17.0 Å². The Bertz CT molecular complexity index is 1360. The van der Waals surface area contributed by atoms with Crippen LogP contribution in [0, 0.1) is 6.92 Å². The van der Waals surface area contributed by atoms with E-state index in [1.54, 1.807) is 91.3 Å². The van der Waals surface area contributed by atoms with E-state index in [1.807, 2.05) is 0 Å². The normalized spacial score (nSPS) is 18.9. The molecule has 9 heteroatoms. The van der Waals surface area contributed by atoms with Crippen LogP contribution in [0.4, 0.5) is 0 Å². The van der Waals surface area contributed by atoms with Crippen molar-refractivity contribution < 1.29 is 18.4 Å². The molecule has 1 aliphatic heterocycles. The van der Waals surface area contributed by atoms with Crippen LogP contribution in [0.25, 0.3) is 0 Å². The first kappa shape index (κ1) is 24.4. The van der Waals surface area contributed by atoms with Crippen molar-refractivity contribution in [1.29, 1.82) is 0 Å². The van der Waals surface area contributed by atoms with Gasteiger partial charge in [0.1, 0.15) is 0 Å². The summed E-state index contributed by atoms with van der Waals surface area (Å²) in [7, 11) is -4.13. The van der Waals surface area contributed by atoms with Crippen LogP contribution in [0.1, 0.15) is 35.2 Å². The summed E-state index contributed by atoms with van der Waals surface area (Å²) in [5.74, 6) is -0.787. The molecule has 3 aromatic carbocycles. The molecule has 0 aromatic heterocycles. The molecular weight excluding hydrogens is 495 g/mol. The fourth-order valence-electron chi connectivity index (χ4n) is 4.29. The van der Waals surface area contributed by atoms with Crippen molar-refractivity contribution in [1.82, 2.24) is 9.79 Å². The highest BCUT2D eigenvalue weighted by Gasteiger charge is 2.44. The zero-order chi connectivity index (χ0) is 24.5. The first-order valence-electron chi connectivity index (χ1n) is 10.5. The molecule has 0 aliphatic carbocycles. The lowest BCUT2D eigenvalue weighted by Crippen LogP contribution is -2.44. The first-order chi connectivity index (χ1) is 16.2. The van der Waals surface area contributed by atoms with E-state index >= 15 is 0 Å². The Kier molecular flexibility index (Phi) is 7.12. The molecule has 1 amide bonds. The molecule has 0 saturated carbocycles. The smallest absolute Gasteiger partial charge is 0.272 e. The number of sulfonamides is 1. The van der Waals surface area contributed by atoms with E-state index in [9.17, 15) is 18.4 Å². The minimum Gasteiger partial charge on any atom is -0.288 e. The summed E-state index contributed by atoms with van der Waals surface area (Å²) in [6, 6.07) is 18.6. The van der Waals surface area contributed by atoms with Crippen LogP contribution in [0.3, 0.4) is 0 Å². The molecule has 0 radical (unpaired) electrons. The predicted octanol–water partition coefficient (Wildman–Crippen LogP) is 5.61. The van der Waals surface area contributed by atoms with Gasteiger partial charge in [-0.3, -0.25) is 10.0 Å². The molecule has 1 heterocycles. The van der Waals surface area contributed by atoms with E-state index in [0.29, 0.717) is 26.7 Å². The van der Waals surface area contributed by atoms with Gasteiger partial charge in [-0.15, -0.1) is 0 Å². The largest absolute Gasteiger partial charge is 0.288 e. The predicted molar refractivity (Wildman–Crippen MR) is 131 cm³/mol. The van der Waals surface area contributed by atoms with Crippen molar-refractivity contribution in [2.75, 3.05) is 0 Å². The van der Waals surface area contributed by atoms with Gasteiger partial charge in [0.25, 0.3) is 5.91 Å². The maximum absolute atomic E-state index is 14.2. The van der Waals surface area contributed by atoms with Crippen LogP contribution in [-0.4, -0.2) is 23.8 Å². The minimum atomic E-state index is -4.13. The molecule has 0 saturated heterocycles. The van der Waals surface area contributed by atoms with E-state index in [4.69, 9.17) is 23.2 Å². The molecule has 0 unspecified atom stereocenters. The van der Waals surface area contributed by atoms with Gasteiger partial charge in [0.2, 0.25) is 10.0 Å². The third-order valence-corrected chi connectivity index (χ3v) is 8.37. The molecule has 2 atom stereocenters. The van der Waals surface area contributed by atoms with Gasteiger partial charge in [0, 0.05) is 15.6 Å². The maximum Gasteiger partial charge on any atom is 0.272 e. The molecular formula is C25H22Cl2N2O4S. The van der Waals surface area contributed by atoms with Crippen LogP contribution in [-0.2, 0) is 14.8 Å². The quantitative estimate of drug-likeness (QED) is 0.340. The van der Waals surface area contributed by atoms with Crippen molar-refractivity contribution >= 4 is 39.1 Å². The Hall–Kier alpha value is -2.68. The molecule has 4 rings (SSSR count). The summed E-state index contributed by atoms with van der Waals surface area (Å²) < 4.78 is 29.8. The molecule has 176 valence electrons. The van der Waals surface area contributed by atoms with Crippen LogP contribution in [0.15, 0.2) is 89.3 Å². The third kappa shape index (κ3) is 4.62. The fourth-order valence-corrected chi connectivity index (χ4v) is 6.62. The highest BCUT2D eigenvalue weighted by atomic mass is 35.5. The zero-order valence-corrected chi connectivity index (χ0v) is 20.5. The second kappa shape index (κ2) is 9.90. The van der Waals surface area contributed by atoms with Crippen molar-refractivity contribution in [3.63, 3.8) is 0 Å². The maximum atomic E-state index is 14.2. The lowest BCUT2D eigenvalue weighted by molar-refractivity contribution is -0.126. The van der Waals surface area contributed by atoms with Gasteiger partial charge in [-0.05, 0) is 60.4 Å². The van der Waals surface area contributed by atoms with Crippen LogP contribution < -0.4 is 5.48 Å². The molecule has 2 N–H and O–H groups in total. The Morgan fingerprint density at radius 1 is 0.971 bits per heavy atom. The summed E-state index contributed by atoms with van der Waals surface area (Å²) in [5.41, 5.74) is 3.55. The Labute approximate surface area is 208 Å². The van der Waals surface area contributed by atoms with E-state index in [1.165, 1.54) is 4.31 Å². The number of rotatable bonds is 5. The van der Waals surface area contributed by atoms with E-state index < -0.39 is 28.0 Å². The molecule has 3 aromatic rings. The van der Waals surface area contributed by atoms with Gasteiger partial charge in [0.15, 0.2) is 0 Å². The van der Waals surface area contributed by atoms with Crippen LogP contribution >= 0.6 is 23.2 Å². The molecule has 1 aliphatic rings. The number of carbonyl (C=O) groups is 1. The van der Waals surface area contributed by atoms with Gasteiger partial charge in [-0.2, -0.15) is 4.31 Å².